The SMILES string of the molecule is CCOC(=O)CCc1cc(C(C)(C)C)c(O)c(C(C)(C)C)c1.CCOCCOC(=O)CCc1cc(C(C)(C)C)c(O)c(C(C)(C)C)c1. The van der Waals surface area contributed by atoms with Gasteiger partial charge in [-0.05, 0) is 81.7 Å². The van der Waals surface area contributed by atoms with Crippen molar-refractivity contribution in [3.05, 3.63) is 57.6 Å². The van der Waals surface area contributed by atoms with Gasteiger partial charge in [0.05, 0.1) is 13.2 Å². The van der Waals surface area contributed by atoms with Gasteiger partial charge in [-0.1, -0.05) is 107 Å². The van der Waals surface area contributed by atoms with Gasteiger partial charge in [0.25, 0.3) is 0 Å². The molecule has 2 rings (SSSR count). The summed E-state index contributed by atoms with van der Waals surface area (Å²) in [5.74, 6) is 0.343. The van der Waals surface area contributed by atoms with E-state index in [9.17, 15) is 19.8 Å². The van der Waals surface area contributed by atoms with Crippen LogP contribution >= 0.6 is 0 Å². The zero-order valence-electron chi connectivity index (χ0n) is 31.9. The summed E-state index contributed by atoms with van der Waals surface area (Å²) in [5, 5.41) is 21.4. The van der Waals surface area contributed by atoms with E-state index in [1.54, 1.807) is 0 Å². The van der Waals surface area contributed by atoms with Crippen molar-refractivity contribution in [2.75, 3.05) is 26.4 Å². The fourth-order valence-corrected chi connectivity index (χ4v) is 5.12. The molecule has 7 nitrogen and oxygen atoms in total. The van der Waals surface area contributed by atoms with Crippen molar-refractivity contribution >= 4 is 11.9 Å². The third kappa shape index (κ3) is 13.9. The molecule has 0 fully saturated rings. The Hall–Kier alpha value is -3.06. The van der Waals surface area contributed by atoms with Crippen LogP contribution in [0.15, 0.2) is 24.3 Å². The van der Waals surface area contributed by atoms with Gasteiger partial charge < -0.3 is 24.4 Å². The average molecular weight is 657 g/mol. The summed E-state index contributed by atoms with van der Waals surface area (Å²) in [6, 6.07) is 8.06. The Bertz CT molecular complexity index is 1240. The molecule has 266 valence electrons. The molecule has 47 heavy (non-hydrogen) atoms. The lowest BCUT2D eigenvalue weighted by atomic mass is 9.78. The number of hydrogen-bond donors (Lipinski definition) is 2. The summed E-state index contributed by atoms with van der Waals surface area (Å²) < 4.78 is 15.3. The first-order valence-corrected chi connectivity index (χ1v) is 17.1. The first-order chi connectivity index (χ1) is 21.4. The first kappa shape index (κ1) is 42.0. The molecule has 2 N–H and O–H groups in total. The zero-order valence-corrected chi connectivity index (χ0v) is 31.9. The molecular weight excluding hydrogens is 592 g/mol. The maximum Gasteiger partial charge on any atom is 0.306 e. The van der Waals surface area contributed by atoms with Crippen LogP contribution < -0.4 is 0 Å². The minimum absolute atomic E-state index is 0.149. The van der Waals surface area contributed by atoms with Crippen molar-refractivity contribution in [2.24, 2.45) is 0 Å². The van der Waals surface area contributed by atoms with Crippen LogP contribution in [0.1, 0.15) is 143 Å². The summed E-state index contributed by atoms with van der Waals surface area (Å²) >= 11 is 0. The maximum absolute atomic E-state index is 11.9. The monoisotopic (exact) mass is 656 g/mol. The number of phenolic OH excluding ortho intramolecular Hbond substituents is 2. The second kappa shape index (κ2) is 17.4. The van der Waals surface area contributed by atoms with E-state index in [4.69, 9.17) is 14.2 Å². The van der Waals surface area contributed by atoms with Gasteiger partial charge in [-0.3, -0.25) is 9.59 Å². The number of hydrogen-bond acceptors (Lipinski definition) is 7. The number of phenols is 2. The van der Waals surface area contributed by atoms with Gasteiger partial charge in [-0.2, -0.15) is 0 Å². The topological polar surface area (TPSA) is 102 Å². The molecule has 0 aliphatic carbocycles. The van der Waals surface area contributed by atoms with Crippen molar-refractivity contribution in [1.82, 2.24) is 0 Å². The number of ether oxygens (including phenoxy) is 3. The molecule has 0 amide bonds. The van der Waals surface area contributed by atoms with E-state index >= 15 is 0 Å². The Morgan fingerprint density at radius 2 is 0.851 bits per heavy atom. The Morgan fingerprint density at radius 3 is 1.13 bits per heavy atom. The largest absolute Gasteiger partial charge is 0.507 e. The highest BCUT2D eigenvalue weighted by Gasteiger charge is 2.28. The molecule has 0 aliphatic heterocycles. The van der Waals surface area contributed by atoms with Crippen LogP contribution in [0.3, 0.4) is 0 Å². The van der Waals surface area contributed by atoms with Crippen LogP contribution in [-0.2, 0) is 58.3 Å². The third-order valence-corrected chi connectivity index (χ3v) is 7.81. The summed E-state index contributed by atoms with van der Waals surface area (Å²) in [6.45, 7) is 30.5. The molecule has 2 aromatic rings. The number of rotatable bonds is 11. The van der Waals surface area contributed by atoms with Crippen LogP contribution in [0, 0.1) is 0 Å². The predicted octanol–water partition coefficient (Wildman–Crippen LogP) is 8.98. The van der Waals surface area contributed by atoms with Crippen LogP contribution in [-0.4, -0.2) is 48.6 Å². The van der Waals surface area contributed by atoms with E-state index in [1.807, 2.05) is 38.1 Å². The predicted molar refractivity (Wildman–Crippen MR) is 192 cm³/mol. The number of carbonyl (C=O) groups is 2. The number of aromatic hydroxyl groups is 2. The molecule has 0 aliphatic rings. The Kier molecular flexibility index (Phi) is 15.5. The second-order valence-electron chi connectivity index (χ2n) is 16.3. The molecule has 0 saturated carbocycles. The van der Waals surface area contributed by atoms with Crippen molar-refractivity contribution in [3.63, 3.8) is 0 Å². The fourth-order valence-electron chi connectivity index (χ4n) is 5.12. The molecule has 0 atom stereocenters. The normalized spacial score (nSPS) is 12.3. The van der Waals surface area contributed by atoms with E-state index in [2.05, 4.69) is 83.1 Å². The standard InChI is InChI=1S/C21H34O4.C19H30O3/c1-8-24-11-12-25-18(22)10-9-15-13-16(20(2,3)4)19(23)17(14-15)21(5,6)7;1-8-22-16(20)10-9-13-11-14(18(2,3)4)17(21)15(12-13)19(5,6)7/h13-14,23H,8-12H2,1-7H3;11-12,21H,8-10H2,1-7H3. The number of aryl methyl sites for hydroxylation is 2. The maximum atomic E-state index is 11.9. The van der Waals surface area contributed by atoms with E-state index in [0.29, 0.717) is 63.6 Å². The van der Waals surface area contributed by atoms with Crippen molar-refractivity contribution in [2.45, 2.75) is 144 Å². The first-order valence-electron chi connectivity index (χ1n) is 17.1. The lowest BCUT2D eigenvalue weighted by Gasteiger charge is -2.28. The number of esters is 2. The summed E-state index contributed by atoms with van der Waals surface area (Å²) in [6.07, 6.45) is 1.92. The van der Waals surface area contributed by atoms with Gasteiger partial charge in [-0.15, -0.1) is 0 Å². The van der Waals surface area contributed by atoms with Gasteiger partial charge in [-0.25, -0.2) is 0 Å². The molecule has 0 saturated heterocycles. The number of benzene rings is 2. The van der Waals surface area contributed by atoms with E-state index in [-0.39, 0.29) is 33.6 Å². The minimum Gasteiger partial charge on any atom is -0.507 e. The molecular formula is C40H64O7. The summed E-state index contributed by atoms with van der Waals surface area (Å²) in [5.41, 5.74) is 5.18. The van der Waals surface area contributed by atoms with E-state index < -0.39 is 0 Å². The molecule has 0 heterocycles. The fraction of sp³-hybridized carbons (Fsp3) is 0.650. The van der Waals surface area contributed by atoms with Crippen LogP contribution in [0.5, 0.6) is 11.5 Å². The lowest BCUT2D eigenvalue weighted by Crippen LogP contribution is -2.18. The highest BCUT2D eigenvalue weighted by molar-refractivity contribution is 5.70. The van der Waals surface area contributed by atoms with Crippen molar-refractivity contribution in [1.29, 1.82) is 0 Å². The Labute approximate surface area is 285 Å². The quantitative estimate of drug-likeness (QED) is 0.184. The molecule has 0 aromatic heterocycles. The van der Waals surface area contributed by atoms with E-state index in [0.717, 1.165) is 33.4 Å². The van der Waals surface area contributed by atoms with Gasteiger partial charge >= 0.3 is 11.9 Å². The van der Waals surface area contributed by atoms with Crippen molar-refractivity contribution < 1.29 is 34.0 Å². The van der Waals surface area contributed by atoms with E-state index in [1.165, 1.54) is 0 Å². The average Bonchev–Trinajstić information content (AvgIpc) is 2.92. The van der Waals surface area contributed by atoms with Gasteiger partial charge in [0.15, 0.2) is 0 Å². The minimum atomic E-state index is -0.220. The van der Waals surface area contributed by atoms with Crippen molar-refractivity contribution in [3.8, 4) is 11.5 Å². The highest BCUT2D eigenvalue weighted by Crippen LogP contribution is 2.41. The van der Waals surface area contributed by atoms with Gasteiger partial charge in [0.2, 0.25) is 0 Å². The molecule has 7 heteroatoms. The van der Waals surface area contributed by atoms with Gasteiger partial charge in [0.1, 0.15) is 18.1 Å². The van der Waals surface area contributed by atoms with Crippen LogP contribution in [0.25, 0.3) is 0 Å². The Balaban J connectivity index is 0.000000474. The molecule has 0 unspecified atom stereocenters. The molecule has 0 spiro atoms. The second-order valence-corrected chi connectivity index (χ2v) is 16.3. The van der Waals surface area contributed by atoms with Crippen LogP contribution in [0.4, 0.5) is 0 Å². The molecule has 0 bridgehead atoms. The summed E-state index contributed by atoms with van der Waals surface area (Å²) in [4.78, 5) is 23.5. The lowest BCUT2D eigenvalue weighted by molar-refractivity contribution is -0.145. The highest BCUT2D eigenvalue weighted by atomic mass is 16.6. The van der Waals surface area contributed by atoms with Crippen LogP contribution in [0.2, 0.25) is 0 Å². The summed E-state index contributed by atoms with van der Waals surface area (Å²) in [7, 11) is 0. The Morgan fingerprint density at radius 1 is 0.532 bits per heavy atom. The molecule has 0 radical (unpaired) electrons. The molecule has 2 aromatic carbocycles. The smallest absolute Gasteiger partial charge is 0.306 e. The van der Waals surface area contributed by atoms with Gasteiger partial charge in [0, 0.05) is 19.4 Å². The number of carbonyl (C=O) groups excluding carboxylic acids is 2. The third-order valence-electron chi connectivity index (χ3n) is 7.81. The zero-order chi connectivity index (χ0) is 36.4.